The number of hydrazone groups is 1. The molecule has 0 saturated heterocycles. The van der Waals surface area contributed by atoms with E-state index in [1.165, 1.54) is 34.8 Å². The van der Waals surface area contributed by atoms with E-state index in [1.54, 1.807) is 35.1 Å². The summed E-state index contributed by atoms with van der Waals surface area (Å²) >= 11 is 0. The molecule has 208 valence electrons. The Morgan fingerprint density at radius 1 is 0.905 bits per heavy atom. The highest BCUT2D eigenvalue weighted by molar-refractivity contribution is 6.51. The van der Waals surface area contributed by atoms with Crippen LogP contribution >= 0.6 is 0 Å². The number of amidine groups is 1. The van der Waals surface area contributed by atoms with Crippen LogP contribution in [0, 0.1) is 0 Å². The molecule has 13 nitrogen and oxygen atoms in total. The second-order valence-corrected chi connectivity index (χ2v) is 9.74. The van der Waals surface area contributed by atoms with Crippen molar-refractivity contribution in [3.8, 4) is 17.1 Å². The van der Waals surface area contributed by atoms with Crippen LogP contribution in [-0.2, 0) is 18.9 Å². The average molecular weight is 562 g/mol. The number of benzene rings is 2. The molecule has 5 aromatic rings. The Balaban J connectivity index is 1.55. The quantitative estimate of drug-likeness (QED) is 0.345. The van der Waals surface area contributed by atoms with Crippen LogP contribution < -0.4 is 26.9 Å². The molecule has 42 heavy (non-hydrogen) atoms. The maximum atomic E-state index is 13.9. The fourth-order valence-corrected chi connectivity index (χ4v) is 5.26. The molecule has 1 amide bonds. The van der Waals surface area contributed by atoms with Crippen molar-refractivity contribution in [2.24, 2.45) is 29.9 Å². The Labute approximate surface area is 237 Å². The van der Waals surface area contributed by atoms with Gasteiger partial charge >= 0.3 is 5.69 Å². The number of primary amides is 1. The maximum Gasteiger partial charge on any atom is 0.332 e. The second kappa shape index (κ2) is 9.30. The number of hydrogen-bond donors (Lipinski definition) is 1. The van der Waals surface area contributed by atoms with Crippen LogP contribution in [0.3, 0.4) is 0 Å². The van der Waals surface area contributed by atoms with E-state index in [0.29, 0.717) is 22.7 Å². The first-order valence-electron chi connectivity index (χ1n) is 13.0. The number of hydrogen-bond acceptors (Lipinski definition) is 9. The molecule has 1 atom stereocenters. The Kier molecular flexibility index (Phi) is 5.54. The number of carbonyl (C=O) groups excluding carboxylic acids is 1. The van der Waals surface area contributed by atoms with Gasteiger partial charge in [-0.25, -0.2) is 19.4 Å². The van der Waals surface area contributed by atoms with Crippen molar-refractivity contribution >= 4 is 29.2 Å². The van der Waals surface area contributed by atoms with Gasteiger partial charge < -0.3 is 10.2 Å². The SMILES string of the molecule is Cn1c2c(c(=O)n(C)c1=O)C(c1cn(-c3ccccc3)nc1-c1ccco1)N=C1N(c3ccccc3)N=C(C(N)=O)N12. The topological polar surface area (TPSA) is 149 Å². The van der Waals surface area contributed by atoms with Gasteiger partial charge in [0.15, 0.2) is 5.76 Å². The fraction of sp³-hybridized carbons (Fsp3) is 0.103. The van der Waals surface area contributed by atoms with Crippen molar-refractivity contribution in [3.05, 3.63) is 117 Å². The van der Waals surface area contributed by atoms with Gasteiger partial charge in [-0.1, -0.05) is 36.4 Å². The van der Waals surface area contributed by atoms with Crippen molar-refractivity contribution in [1.82, 2.24) is 18.9 Å². The zero-order valence-corrected chi connectivity index (χ0v) is 22.4. The Bertz CT molecular complexity index is 2040. The summed E-state index contributed by atoms with van der Waals surface area (Å²) in [6, 6.07) is 21.1. The number of fused-ring (bicyclic) bond motifs is 3. The summed E-state index contributed by atoms with van der Waals surface area (Å²) in [7, 11) is 2.91. The number of carbonyl (C=O) groups is 1. The average Bonchev–Trinajstić information content (AvgIpc) is 3.77. The van der Waals surface area contributed by atoms with E-state index >= 15 is 0 Å². The summed E-state index contributed by atoms with van der Waals surface area (Å²) in [4.78, 5) is 46.2. The molecule has 0 fully saturated rings. The lowest BCUT2D eigenvalue weighted by Gasteiger charge is -2.32. The van der Waals surface area contributed by atoms with Gasteiger partial charge in [-0.05, 0) is 36.4 Å². The van der Waals surface area contributed by atoms with Gasteiger partial charge in [0.25, 0.3) is 11.5 Å². The van der Waals surface area contributed by atoms with Gasteiger partial charge in [-0.3, -0.25) is 18.7 Å². The first kappa shape index (κ1) is 25.0. The molecule has 2 aliphatic rings. The number of aromatic nitrogens is 4. The Morgan fingerprint density at radius 2 is 1.60 bits per heavy atom. The molecule has 2 aromatic carbocycles. The highest BCUT2D eigenvalue weighted by atomic mass is 16.3. The summed E-state index contributed by atoms with van der Waals surface area (Å²) in [5.74, 6) is -0.259. The number of nitrogens with two attached hydrogens (primary N) is 1. The first-order valence-corrected chi connectivity index (χ1v) is 13.0. The molecule has 2 aliphatic heterocycles. The van der Waals surface area contributed by atoms with E-state index in [9.17, 15) is 14.4 Å². The molecular formula is C29H23N9O4. The Morgan fingerprint density at radius 3 is 2.24 bits per heavy atom. The molecule has 3 aromatic heterocycles. The number of amides is 1. The molecule has 0 radical (unpaired) electrons. The third-order valence-electron chi connectivity index (χ3n) is 7.23. The largest absolute Gasteiger partial charge is 0.463 e. The summed E-state index contributed by atoms with van der Waals surface area (Å²) < 4.78 is 9.72. The van der Waals surface area contributed by atoms with Crippen LogP contribution in [0.5, 0.6) is 0 Å². The van der Waals surface area contributed by atoms with E-state index in [2.05, 4.69) is 5.10 Å². The van der Waals surface area contributed by atoms with Crippen molar-refractivity contribution in [2.75, 3.05) is 9.91 Å². The van der Waals surface area contributed by atoms with Gasteiger partial charge in [0.2, 0.25) is 11.8 Å². The van der Waals surface area contributed by atoms with Crippen molar-refractivity contribution in [3.63, 3.8) is 0 Å². The molecule has 2 N–H and O–H groups in total. The maximum absolute atomic E-state index is 13.9. The summed E-state index contributed by atoms with van der Waals surface area (Å²) in [6.07, 6.45) is 3.32. The summed E-state index contributed by atoms with van der Waals surface area (Å²) in [5, 5.41) is 10.8. The van der Waals surface area contributed by atoms with Crippen molar-refractivity contribution in [2.45, 2.75) is 6.04 Å². The monoisotopic (exact) mass is 561 g/mol. The molecular weight excluding hydrogens is 538 g/mol. The molecule has 5 heterocycles. The lowest BCUT2D eigenvalue weighted by Crippen LogP contribution is -2.51. The minimum absolute atomic E-state index is 0.131. The normalized spacial score (nSPS) is 15.7. The van der Waals surface area contributed by atoms with E-state index in [0.717, 1.165) is 10.3 Å². The van der Waals surface area contributed by atoms with E-state index in [4.69, 9.17) is 20.2 Å². The number of furan rings is 1. The van der Waals surface area contributed by atoms with Gasteiger partial charge in [-0.15, -0.1) is 5.10 Å². The highest BCUT2D eigenvalue weighted by Gasteiger charge is 2.45. The number of nitrogens with zero attached hydrogens (tertiary/aromatic N) is 8. The summed E-state index contributed by atoms with van der Waals surface area (Å²) in [6.45, 7) is 0. The standard InChI is InChI=1S/C29H23N9O4/c1-34-26-21(27(40)35(2)29(34)41)23(31-28-37(26)25(24(30)39)33-38(28)18-12-7-4-8-13-18)19-16-36(17-10-5-3-6-11-17)32-22(19)20-14-9-15-42-20/h3-16,23H,1-2H3,(H2,30,39). The van der Waals surface area contributed by atoms with Crippen LogP contribution in [0.1, 0.15) is 17.2 Å². The fourth-order valence-electron chi connectivity index (χ4n) is 5.26. The lowest BCUT2D eigenvalue weighted by molar-refractivity contribution is -0.112. The number of aliphatic imine (C=N–C) groups is 1. The zero-order valence-electron chi connectivity index (χ0n) is 22.4. The number of guanidine groups is 1. The predicted molar refractivity (Wildman–Crippen MR) is 155 cm³/mol. The van der Waals surface area contributed by atoms with Crippen LogP contribution in [0.25, 0.3) is 17.1 Å². The molecule has 0 spiro atoms. The van der Waals surface area contributed by atoms with Crippen LogP contribution in [0.2, 0.25) is 0 Å². The van der Waals surface area contributed by atoms with Crippen LogP contribution in [-0.4, -0.2) is 36.6 Å². The molecule has 0 aliphatic carbocycles. The number of rotatable bonds is 5. The minimum Gasteiger partial charge on any atom is -0.463 e. The van der Waals surface area contributed by atoms with Gasteiger partial charge in [0.05, 0.1) is 23.2 Å². The molecule has 13 heteroatoms. The van der Waals surface area contributed by atoms with E-state index < -0.39 is 23.2 Å². The Hall–Kier alpha value is -5.98. The lowest BCUT2D eigenvalue weighted by atomic mass is 9.98. The molecule has 1 unspecified atom stereocenters. The predicted octanol–water partition coefficient (Wildman–Crippen LogP) is 2.11. The molecule has 0 bridgehead atoms. The van der Waals surface area contributed by atoms with Gasteiger partial charge in [-0.2, -0.15) is 10.1 Å². The molecule has 7 rings (SSSR count). The van der Waals surface area contributed by atoms with Gasteiger partial charge in [0, 0.05) is 25.9 Å². The number of anilines is 2. The third-order valence-corrected chi connectivity index (χ3v) is 7.23. The third kappa shape index (κ3) is 3.63. The van der Waals surface area contributed by atoms with Crippen LogP contribution in [0.15, 0.2) is 109 Å². The highest BCUT2D eigenvalue weighted by Crippen LogP contribution is 2.42. The van der Waals surface area contributed by atoms with E-state index in [-0.39, 0.29) is 23.2 Å². The first-order chi connectivity index (χ1) is 20.3. The van der Waals surface area contributed by atoms with Crippen molar-refractivity contribution < 1.29 is 9.21 Å². The second-order valence-electron chi connectivity index (χ2n) is 9.74. The smallest absolute Gasteiger partial charge is 0.332 e. The van der Waals surface area contributed by atoms with Crippen LogP contribution in [0.4, 0.5) is 11.5 Å². The minimum atomic E-state index is -0.969. The van der Waals surface area contributed by atoms with Gasteiger partial charge in [0.1, 0.15) is 17.6 Å². The van der Waals surface area contributed by atoms with Crippen molar-refractivity contribution in [1.29, 1.82) is 0 Å². The zero-order chi connectivity index (χ0) is 29.1. The summed E-state index contributed by atoms with van der Waals surface area (Å²) in [5.41, 5.74) is 7.11. The number of para-hydroxylation sites is 2. The van der Waals surface area contributed by atoms with E-state index in [1.807, 2.05) is 48.5 Å². The molecule has 0 saturated carbocycles.